The van der Waals surface area contributed by atoms with Crippen molar-refractivity contribution in [1.29, 1.82) is 0 Å². The van der Waals surface area contributed by atoms with Gasteiger partial charge in [-0.2, -0.15) is 0 Å². The van der Waals surface area contributed by atoms with Crippen LogP contribution in [-0.2, 0) is 13.6 Å². The van der Waals surface area contributed by atoms with Crippen LogP contribution in [0.3, 0.4) is 0 Å². The zero-order chi connectivity index (χ0) is 18.3. The summed E-state index contributed by atoms with van der Waals surface area (Å²) in [5, 5.41) is 0.509. The molecule has 0 bridgehead atoms. The van der Waals surface area contributed by atoms with E-state index < -0.39 is 13.3 Å². The molecular formula is C19H22ClO4P. The first-order valence-electron chi connectivity index (χ1n) is 8.22. The van der Waals surface area contributed by atoms with Crippen molar-refractivity contribution >= 4 is 25.0 Å². The lowest BCUT2D eigenvalue weighted by atomic mass is 10.0. The van der Waals surface area contributed by atoms with Gasteiger partial charge >= 0.3 is 7.60 Å². The summed E-state index contributed by atoms with van der Waals surface area (Å²) in [4.78, 5) is 12.7. The molecule has 0 N–H and O–H groups in total. The zero-order valence-electron chi connectivity index (χ0n) is 14.4. The standard InChI is InChI=1S/C19H22ClO4P/c1-3-23-25(22,24-4-2)19(16-11-8-12-17(20)13-16)14-18(21)15-9-6-5-7-10-15/h5-13,19H,3-4,14H2,1-2H3/t19-/m0/s1. The molecule has 6 heteroatoms. The first-order chi connectivity index (χ1) is 12.0. The number of benzene rings is 2. The van der Waals surface area contributed by atoms with E-state index >= 15 is 0 Å². The monoisotopic (exact) mass is 380 g/mol. The summed E-state index contributed by atoms with van der Waals surface area (Å²) in [6, 6.07) is 15.9. The van der Waals surface area contributed by atoms with Gasteiger partial charge in [0, 0.05) is 17.0 Å². The Labute approximate surface area is 153 Å². The first-order valence-corrected chi connectivity index (χ1v) is 10.2. The maximum absolute atomic E-state index is 13.4. The Morgan fingerprint density at radius 3 is 2.24 bits per heavy atom. The third-order valence-corrected chi connectivity index (χ3v) is 6.42. The molecular weight excluding hydrogens is 359 g/mol. The number of hydrogen-bond donors (Lipinski definition) is 0. The number of carbonyl (C=O) groups excluding carboxylic acids is 1. The average molecular weight is 381 g/mol. The van der Waals surface area contributed by atoms with Gasteiger partial charge in [0.1, 0.15) is 0 Å². The molecule has 0 aliphatic heterocycles. The van der Waals surface area contributed by atoms with Crippen LogP contribution < -0.4 is 0 Å². The number of rotatable bonds is 9. The Morgan fingerprint density at radius 2 is 1.68 bits per heavy atom. The van der Waals surface area contributed by atoms with Crippen LogP contribution in [0, 0.1) is 0 Å². The first kappa shape index (κ1) is 19.9. The lowest BCUT2D eigenvalue weighted by Crippen LogP contribution is -2.12. The van der Waals surface area contributed by atoms with Gasteiger partial charge < -0.3 is 9.05 Å². The number of Topliss-reactive ketones (excluding diaryl/α,β-unsaturated/α-hetero) is 1. The fourth-order valence-electron chi connectivity index (χ4n) is 2.62. The normalized spacial score (nSPS) is 12.8. The summed E-state index contributed by atoms with van der Waals surface area (Å²) < 4.78 is 24.4. The lowest BCUT2D eigenvalue weighted by molar-refractivity contribution is 0.0973. The van der Waals surface area contributed by atoms with Crippen LogP contribution in [0.5, 0.6) is 0 Å². The minimum atomic E-state index is -3.53. The van der Waals surface area contributed by atoms with Crippen LogP contribution in [0.25, 0.3) is 0 Å². The molecule has 2 aromatic rings. The van der Waals surface area contributed by atoms with Crippen molar-refractivity contribution in [2.45, 2.75) is 25.9 Å². The Balaban J connectivity index is 2.41. The zero-order valence-corrected chi connectivity index (χ0v) is 16.0. The maximum atomic E-state index is 13.4. The van der Waals surface area contributed by atoms with Crippen LogP contribution in [0.2, 0.25) is 5.02 Å². The third kappa shape index (κ3) is 5.26. The highest BCUT2D eigenvalue weighted by Crippen LogP contribution is 2.62. The summed E-state index contributed by atoms with van der Waals surface area (Å²) in [6.07, 6.45) is 0.0155. The second kappa shape index (κ2) is 9.30. The van der Waals surface area contributed by atoms with E-state index in [1.165, 1.54) is 0 Å². The summed E-state index contributed by atoms with van der Waals surface area (Å²) in [5.41, 5.74) is 0.523. The van der Waals surface area contributed by atoms with Gasteiger partial charge in [0.2, 0.25) is 0 Å². The van der Waals surface area contributed by atoms with Gasteiger partial charge in [-0.1, -0.05) is 54.1 Å². The van der Waals surface area contributed by atoms with Crippen molar-refractivity contribution in [3.05, 3.63) is 70.7 Å². The van der Waals surface area contributed by atoms with Crippen molar-refractivity contribution in [3.8, 4) is 0 Å². The van der Waals surface area contributed by atoms with Crippen LogP contribution in [-0.4, -0.2) is 19.0 Å². The van der Waals surface area contributed by atoms with Gasteiger partial charge in [0.15, 0.2) is 5.78 Å². The van der Waals surface area contributed by atoms with Crippen molar-refractivity contribution in [2.75, 3.05) is 13.2 Å². The second-order valence-electron chi connectivity index (χ2n) is 5.44. The fourth-order valence-corrected chi connectivity index (χ4v) is 4.89. The highest BCUT2D eigenvalue weighted by Gasteiger charge is 2.38. The van der Waals surface area contributed by atoms with E-state index in [1.54, 1.807) is 62.4 Å². The molecule has 1 atom stereocenters. The Hall–Kier alpha value is -1.45. The second-order valence-corrected chi connectivity index (χ2v) is 8.10. The topological polar surface area (TPSA) is 52.6 Å². The summed E-state index contributed by atoms with van der Waals surface area (Å²) in [7, 11) is -3.53. The molecule has 0 saturated carbocycles. The molecule has 0 amide bonds. The minimum absolute atomic E-state index is 0.0155. The lowest BCUT2D eigenvalue weighted by Gasteiger charge is -2.26. The number of hydrogen-bond acceptors (Lipinski definition) is 4. The van der Waals surface area contributed by atoms with Crippen molar-refractivity contribution in [2.24, 2.45) is 0 Å². The van der Waals surface area contributed by atoms with Gasteiger partial charge in [0.05, 0.1) is 18.9 Å². The summed E-state index contributed by atoms with van der Waals surface area (Å²) in [5.74, 6) is -0.120. The van der Waals surface area contributed by atoms with Gasteiger partial charge in [0.25, 0.3) is 0 Å². The molecule has 0 heterocycles. The summed E-state index contributed by atoms with van der Waals surface area (Å²) in [6.45, 7) is 3.96. The molecule has 0 aliphatic carbocycles. The smallest absolute Gasteiger partial charge is 0.308 e. The van der Waals surface area contributed by atoms with Crippen molar-refractivity contribution in [3.63, 3.8) is 0 Å². The molecule has 0 saturated heterocycles. The van der Waals surface area contributed by atoms with E-state index in [9.17, 15) is 9.36 Å². The van der Waals surface area contributed by atoms with E-state index in [2.05, 4.69) is 0 Å². The molecule has 0 aliphatic rings. The molecule has 134 valence electrons. The highest BCUT2D eigenvalue weighted by atomic mass is 35.5. The van der Waals surface area contributed by atoms with Crippen LogP contribution in [0.15, 0.2) is 54.6 Å². The average Bonchev–Trinajstić information content (AvgIpc) is 2.60. The molecule has 0 spiro atoms. The SMILES string of the molecule is CCOP(=O)(OCC)[C@@H](CC(=O)c1ccccc1)c1cccc(Cl)c1. The van der Waals surface area contributed by atoms with Crippen LogP contribution in [0.4, 0.5) is 0 Å². The van der Waals surface area contributed by atoms with Crippen LogP contribution >= 0.6 is 19.2 Å². The van der Waals surface area contributed by atoms with E-state index in [0.717, 1.165) is 0 Å². The molecule has 0 fully saturated rings. The fraction of sp³-hybridized carbons (Fsp3) is 0.316. The molecule has 0 aromatic heterocycles. The van der Waals surface area contributed by atoms with Crippen molar-refractivity contribution in [1.82, 2.24) is 0 Å². The number of carbonyl (C=O) groups is 1. The van der Waals surface area contributed by atoms with E-state index in [-0.39, 0.29) is 25.4 Å². The Kier molecular flexibility index (Phi) is 7.39. The molecule has 0 unspecified atom stereocenters. The summed E-state index contributed by atoms with van der Waals surface area (Å²) >= 11 is 6.09. The predicted molar refractivity (Wildman–Crippen MR) is 100 cm³/mol. The van der Waals surface area contributed by atoms with E-state index in [0.29, 0.717) is 16.1 Å². The Morgan fingerprint density at radius 1 is 1.04 bits per heavy atom. The quantitative estimate of drug-likeness (QED) is 0.400. The molecule has 0 radical (unpaired) electrons. The van der Waals surface area contributed by atoms with E-state index in [1.807, 2.05) is 6.07 Å². The third-order valence-electron chi connectivity index (χ3n) is 3.71. The predicted octanol–water partition coefficient (Wildman–Crippen LogP) is 5.92. The maximum Gasteiger partial charge on any atom is 0.338 e. The van der Waals surface area contributed by atoms with E-state index in [4.69, 9.17) is 20.6 Å². The highest BCUT2D eigenvalue weighted by molar-refractivity contribution is 7.54. The minimum Gasteiger partial charge on any atom is -0.308 e. The van der Waals surface area contributed by atoms with Gasteiger partial charge in [-0.15, -0.1) is 0 Å². The molecule has 4 nitrogen and oxygen atoms in total. The number of ketones is 1. The largest absolute Gasteiger partial charge is 0.338 e. The number of halogens is 1. The van der Waals surface area contributed by atoms with Gasteiger partial charge in [-0.3, -0.25) is 9.36 Å². The Bertz CT molecular complexity index is 738. The van der Waals surface area contributed by atoms with Crippen LogP contribution in [0.1, 0.15) is 41.8 Å². The van der Waals surface area contributed by atoms with Gasteiger partial charge in [-0.25, -0.2) is 0 Å². The van der Waals surface area contributed by atoms with Gasteiger partial charge in [-0.05, 0) is 31.5 Å². The molecule has 25 heavy (non-hydrogen) atoms. The van der Waals surface area contributed by atoms with Crippen molar-refractivity contribution < 1.29 is 18.4 Å². The molecule has 2 aromatic carbocycles. The molecule has 2 rings (SSSR count).